The molecule has 0 saturated heterocycles. The minimum Gasteiger partial charge on any atom is -0.404 e. The van der Waals surface area contributed by atoms with E-state index in [-0.39, 0.29) is 11.9 Å². The molecular weight excluding hydrogens is 387 g/mol. The molecule has 0 aliphatic carbocycles. The lowest BCUT2D eigenvalue weighted by Crippen LogP contribution is -2.46. The van der Waals surface area contributed by atoms with Crippen molar-refractivity contribution in [1.82, 2.24) is 15.0 Å². The summed E-state index contributed by atoms with van der Waals surface area (Å²) in [6.45, 7) is 4.51. The summed E-state index contributed by atoms with van der Waals surface area (Å²) >= 11 is 0. The number of aryl methyl sites for hydroxylation is 1. The van der Waals surface area contributed by atoms with Crippen LogP contribution in [0.2, 0.25) is 0 Å². The molecule has 30 heavy (non-hydrogen) atoms. The number of amides is 1. The van der Waals surface area contributed by atoms with Crippen LogP contribution in [0.3, 0.4) is 0 Å². The van der Waals surface area contributed by atoms with Crippen LogP contribution < -0.4 is 21.3 Å². The van der Waals surface area contributed by atoms with Crippen LogP contribution in [0.25, 0.3) is 0 Å². The zero-order valence-electron chi connectivity index (χ0n) is 17.2. The van der Waals surface area contributed by atoms with Gasteiger partial charge in [0.1, 0.15) is 11.7 Å². The number of hydrogen-bond donors (Lipinski definition) is 3. The molecule has 0 unspecified atom stereocenters. The van der Waals surface area contributed by atoms with Gasteiger partial charge in [-0.2, -0.15) is 9.37 Å². The monoisotopic (exact) mass is 412 g/mol. The number of rotatable bonds is 7. The Hall–Kier alpha value is -3.56. The van der Waals surface area contributed by atoms with Crippen molar-refractivity contribution in [2.24, 2.45) is 10.7 Å². The van der Waals surface area contributed by atoms with Gasteiger partial charge >= 0.3 is 0 Å². The molecule has 10 heteroatoms. The van der Waals surface area contributed by atoms with Crippen LogP contribution in [0.4, 0.5) is 21.8 Å². The first-order valence-electron chi connectivity index (χ1n) is 9.60. The molecular formula is C20H25FN8O. The first-order valence-corrected chi connectivity index (χ1v) is 9.60. The van der Waals surface area contributed by atoms with E-state index in [9.17, 15) is 9.18 Å². The highest BCUT2D eigenvalue weighted by Gasteiger charge is 2.32. The highest BCUT2D eigenvalue weighted by molar-refractivity contribution is 6.03. The molecule has 2 aromatic rings. The van der Waals surface area contributed by atoms with Gasteiger partial charge < -0.3 is 21.3 Å². The maximum atomic E-state index is 12.9. The third kappa shape index (κ3) is 4.70. The van der Waals surface area contributed by atoms with Gasteiger partial charge in [0.15, 0.2) is 5.82 Å². The van der Waals surface area contributed by atoms with Crippen LogP contribution in [0.1, 0.15) is 24.6 Å². The van der Waals surface area contributed by atoms with Gasteiger partial charge in [-0.25, -0.2) is 9.97 Å². The van der Waals surface area contributed by atoms with E-state index in [4.69, 9.17) is 5.73 Å². The van der Waals surface area contributed by atoms with Gasteiger partial charge in [-0.1, -0.05) is 13.0 Å². The molecule has 3 heterocycles. The number of pyridine rings is 1. The number of nitrogens with one attached hydrogen (secondary N) is 2. The minimum atomic E-state index is -0.523. The highest BCUT2D eigenvalue weighted by Crippen LogP contribution is 2.32. The predicted molar refractivity (Wildman–Crippen MR) is 115 cm³/mol. The van der Waals surface area contributed by atoms with E-state index in [1.807, 2.05) is 25.8 Å². The third-order valence-electron chi connectivity index (χ3n) is 4.79. The molecule has 4 N–H and O–H groups in total. The van der Waals surface area contributed by atoms with Gasteiger partial charge in [0.2, 0.25) is 17.8 Å². The minimum absolute atomic E-state index is 0.0548. The second-order valence-corrected chi connectivity index (χ2v) is 6.91. The topological polar surface area (TPSA) is 121 Å². The lowest BCUT2D eigenvalue weighted by atomic mass is 10.1. The molecule has 0 fully saturated rings. The van der Waals surface area contributed by atoms with Crippen molar-refractivity contribution in [2.75, 3.05) is 29.1 Å². The van der Waals surface area contributed by atoms with E-state index in [1.165, 1.54) is 18.5 Å². The summed E-state index contributed by atoms with van der Waals surface area (Å²) in [5.74, 6) is 0.526. The highest BCUT2D eigenvalue weighted by atomic mass is 19.1. The normalized spacial score (nSPS) is 16.5. The number of aromatic nitrogens is 3. The van der Waals surface area contributed by atoms with Crippen LogP contribution in [0.5, 0.6) is 0 Å². The first-order chi connectivity index (χ1) is 14.4. The summed E-state index contributed by atoms with van der Waals surface area (Å²) in [5.41, 5.74) is 8.53. The Kier molecular flexibility index (Phi) is 6.55. The Balaban J connectivity index is 1.66. The van der Waals surface area contributed by atoms with Crippen molar-refractivity contribution in [3.05, 3.63) is 47.3 Å². The Labute approximate surface area is 174 Å². The molecule has 0 radical (unpaired) electrons. The van der Waals surface area contributed by atoms with Crippen molar-refractivity contribution < 1.29 is 9.18 Å². The number of nitrogens with two attached hydrogens (primary N) is 1. The van der Waals surface area contributed by atoms with Crippen molar-refractivity contribution in [3.8, 4) is 0 Å². The Morgan fingerprint density at radius 1 is 1.43 bits per heavy atom. The van der Waals surface area contributed by atoms with Crippen molar-refractivity contribution in [3.63, 3.8) is 0 Å². The van der Waals surface area contributed by atoms with Crippen LogP contribution in [-0.2, 0) is 11.3 Å². The zero-order valence-corrected chi connectivity index (χ0v) is 17.2. The molecule has 9 nitrogen and oxygen atoms in total. The summed E-state index contributed by atoms with van der Waals surface area (Å²) < 4.78 is 12.9. The molecule has 1 amide bonds. The SMILES string of the molecule is CC[C@H]1C(=O)Nc2c(C)nc(NCC(C=NCc3ccc(F)nc3)=CN)nc2N1C. The molecule has 0 spiro atoms. The third-order valence-corrected chi connectivity index (χ3v) is 4.79. The predicted octanol–water partition coefficient (Wildman–Crippen LogP) is 2.01. The van der Waals surface area contributed by atoms with Gasteiger partial charge in [-0.3, -0.25) is 9.79 Å². The number of aliphatic imine (C=N–C) groups is 1. The fraction of sp³-hybridized carbons (Fsp3) is 0.350. The Bertz CT molecular complexity index is 974. The van der Waals surface area contributed by atoms with E-state index in [1.54, 1.807) is 12.3 Å². The summed E-state index contributed by atoms with van der Waals surface area (Å²) in [7, 11) is 1.85. The average Bonchev–Trinajstić information content (AvgIpc) is 2.73. The second-order valence-electron chi connectivity index (χ2n) is 6.91. The van der Waals surface area contributed by atoms with Crippen molar-refractivity contribution >= 4 is 29.6 Å². The smallest absolute Gasteiger partial charge is 0.247 e. The van der Waals surface area contributed by atoms with Crippen molar-refractivity contribution in [1.29, 1.82) is 0 Å². The fourth-order valence-corrected chi connectivity index (χ4v) is 3.12. The molecule has 0 bridgehead atoms. The summed E-state index contributed by atoms with van der Waals surface area (Å²) in [6.07, 6.45) is 5.21. The lowest BCUT2D eigenvalue weighted by molar-refractivity contribution is -0.117. The number of carbonyl (C=O) groups is 1. The standard InChI is InChI=1S/C20H25FN8O/c1-4-15-19(30)27-17-12(2)26-20(28-18(17)29(15)3)25-11-14(7-22)9-23-8-13-5-6-16(21)24-10-13/h5-7,9-10,15H,4,8,11,22H2,1-3H3,(H,27,30)(H,25,26,28)/t15-/m0/s1. The molecule has 1 aliphatic rings. The van der Waals surface area contributed by atoms with E-state index in [0.717, 1.165) is 11.1 Å². The largest absolute Gasteiger partial charge is 0.404 e. The number of likely N-dealkylation sites (N-methyl/N-ethyl adjacent to an activating group) is 1. The quantitative estimate of drug-likeness (QED) is 0.470. The second kappa shape index (κ2) is 9.29. The summed E-state index contributed by atoms with van der Waals surface area (Å²) in [5, 5.41) is 6.04. The van der Waals surface area contributed by atoms with Crippen LogP contribution in [-0.4, -0.2) is 46.7 Å². The summed E-state index contributed by atoms with van der Waals surface area (Å²) in [4.78, 5) is 31.0. The van der Waals surface area contributed by atoms with Crippen LogP contribution in [0, 0.1) is 12.9 Å². The van der Waals surface area contributed by atoms with Crippen molar-refractivity contribution in [2.45, 2.75) is 32.9 Å². The van der Waals surface area contributed by atoms with Crippen LogP contribution >= 0.6 is 0 Å². The van der Waals surface area contributed by atoms with Gasteiger partial charge in [0.25, 0.3) is 0 Å². The molecule has 158 valence electrons. The maximum Gasteiger partial charge on any atom is 0.247 e. The van der Waals surface area contributed by atoms with E-state index in [2.05, 4.69) is 30.6 Å². The molecule has 3 rings (SSSR count). The number of halogens is 1. The van der Waals surface area contributed by atoms with Crippen LogP contribution in [0.15, 0.2) is 35.1 Å². The van der Waals surface area contributed by atoms with Gasteiger partial charge in [0.05, 0.1) is 12.2 Å². The van der Waals surface area contributed by atoms with E-state index in [0.29, 0.717) is 42.7 Å². The molecule has 1 aliphatic heterocycles. The first kappa shape index (κ1) is 21.2. The number of nitrogens with zero attached hydrogens (tertiary/aromatic N) is 5. The molecule has 2 aromatic heterocycles. The molecule has 0 saturated carbocycles. The Morgan fingerprint density at radius 2 is 2.23 bits per heavy atom. The summed E-state index contributed by atoms with van der Waals surface area (Å²) in [6, 6.07) is 2.66. The number of anilines is 3. The fourth-order valence-electron chi connectivity index (χ4n) is 3.12. The Morgan fingerprint density at radius 3 is 2.90 bits per heavy atom. The lowest BCUT2D eigenvalue weighted by Gasteiger charge is -2.34. The van der Waals surface area contributed by atoms with Gasteiger partial charge in [0, 0.05) is 37.8 Å². The van der Waals surface area contributed by atoms with E-state index >= 15 is 0 Å². The van der Waals surface area contributed by atoms with Gasteiger partial charge in [-0.15, -0.1) is 0 Å². The molecule has 0 aromatic carbocycles. The number of fused-ring (bicyclic) bond motifs is 1. The zero-order chi connectivity index (χ0) is 21.7. The van der Waals surface area contributed by atoms with Gasteiger partial charge in [-0.05, 0) is 25.0 Å². The number of hydrogen-bond acceptors (Lipinski definition) is 8. The van der Waals surface area contributed by atoms with E-state index < -0.39 is 5.95 Å². The molecule has 1 atom stereocenters. The average molecular weight is 412 g/mol. The number of carbonyl (C=O) groups excluding carboxylic acids is 1. The maximum absolute atomic E-state index is 12.9.